The Morgan fingerprint density at radius 3 is 1.74 bits per heavy atom. The molecule has 1 aromatic rings. The molecule has 0 bridgehead atoms. The summed E-state index contributed by atoms with van der Waals surface area (Å²) in [7, 11) is 0. The summed E-state index contributed by atoms with van der Waals surface area (Å²) < 4.78 is 26.6. The molecule has 0 aliphatic rings. The summed E-state index contributed by atoms with van der Waals surface area (Å²) in [5.74, 6) is -2.04. The normalized spacial score (nSPS) is 14.9. The number of hydrogen-bond acceptors (Lipinski definition) is 10. The van der Waals surface area contributed by atoms with Crippen LogP contribution in [0.15, 0.2) is 18.2 Å². The van der Waals surface area contributed by atoms with Crippen LogP contribution in [0.5, 0.6) is 11.5 Å². The number of rotatable bonds is 15. The monoisotopic (exact) mass is 551 g/mol. The van der Waals surface area contributed by atoms with Crippen molar-refractivity contribution in [3.05, 3.63) is 23.8 Å². The second-order valence-electron chi connectivity index (χ2n) is 10.2. The standard InChI is InChI=1S/C29H45NO9/c1-9-11-18(5)26(31)38-24-14-13-22(16-25(24)39-27(32)19(6)12-10-2)15-23(30)28(33)36-20(7)21(8)37-29(34)35-17(3)4/h13-14,16-21,23H,9-12,15,30H2,1-8H3/t18?,19?,20-,21-,23-/m0/s1. The predicted octanol–water partition coefficient (Wildman–Crippen LogP) is 5.12. The Kier molecular flexibility index (Phi) is 14.5. The molecule has 0 radical (unpaired) electrons. The van der Waals surface area contributed by atoms with Crippen LogP contribution in [0.25, 0.3) is 0 Å². The molecule has 39 heavy (non-hydrogen) atoms. The quantitative estimate of drug-likeness (QED) is 0.231. The highest BCUT2D eigenvalue weighted by Gasteiger charge is 2.26. The second kappa shape index (κ2) is 16.7. The van der Waals surface area contributed by atoms with E-state index in [0.29, 0.717) is 18.4 Å². The molecule has 1 rings (SSSR count). The highest BCUT2D eigenvalue weighted by atomic mass is 16.7. The first-order chi connectivity index (χ1) is 18.3. The van der Waals surface area contributed by atoms with Gasteiger partial charge in [-0.25, -0.2) is 4.79 Å². The van der Waals surface area contributed by atoms with E-state index in [9.17, 15) is 19.2 Å². The number of nitrogens with two attached hydrogens (primary N) is 1. The maximum Gasteiger partial charge on any atom is 0.508 e. The number of benzene rings is 1. The molecule has 0 aromatic heterocycles. The van der Waals surface area contributed by atoms with E-state index in [-0.39, 0.29) is 35.9 Å². The molecule has 0 fully saturated rings. The Morgan fingerprint density at radius 1 is 0.718 bits per heavy atom. The third-order valence-electron chi connectivity index (χ3n) is 6.01. The molecule has 2 unspecified atom stereocenters. The summed E-state index contributed by atoms with van der Waals surface area (Å²) in [4.78, 5) is 49.5. The van der Waals surface area contributed by atoms with Crippen LogP contribution in [0, 0.1) is 11.8 Å². The molecule has 10 heteroatoms. The van der Waals surface area contributed by atoms with Crippen LogP contribution in [0.3, 0.4) is 0 Å². The number of carbonyl (C=O) groups is 4. The summed E-state index contributed by atoms with van der Waals surface area (Å²) in [6, 6.07) is 3.65. The maximum atomic E-state index is 12.6. The van der Waals surface area contributed by atoms with Gasteiger partial charge in [0.05, 0.1) is 17.9 Å². The van der Waals surface area contributed by atoms with E-state index in [4.69, 9.17) is 29.4 Å². The van der Waals surface area contributed by atoms with Crippen LogP contribution >= 0.6 is 0 Å². The fourth-order valence-corrected chi connectivity index (χ4v) is 3.53. The van der Waals surface area contributed by atoms with Gasteiger partial charge in [-0.05, 0) is 64.7 Å². The van der Waals surface area contributed by atoms with E-state index in [1.807, 2.05) is 13.8 Å². The van der Waals surface area contributed by atoms with Gasteiger partial charge in [0.1, 0.15) is 18.2 Å². The Labute approximate surface area is 231 Å². The fourth-order valence-electron chi connectivity index (χ4n) is 3.53. The molecule has 0 heterocycles. The molecule has 0 spiro atoms. The zero-order valence-electron chi connectivity index (χ0n) is 24.5. The number of carbonyl (C=O) groups excluding carboxylic acids is 4. The highest BCUT2D eigenvalue weighted by Crippen LogP contribution is 2.31. The van der Waals surface area contributed by atoms with E-state index < -0.39 is 42.3 Å². The van der Waals surface area contributed by atoms with Crippen molar-refractivity contribution in [2.24, 2.45) is 17.6 Å². The van der Waals surface area contributed by atoms with Crippen LogP contribution in [-0.4, -0.2) is 48.4 Å². The van der Waals surface area contributed by atoms with Crippen LogP contribution in [-0.2, 0) is 35.0 Å². The lowest BCUT2D eigenvalue weighted by atomic mass is 10.0. The number of hydrogen-bond donors (Lipinski definition) is 1. The molecule has 0 aliphatic heterocycles. The minimum Gasteiger partial charge on any atom is -0.458 e. The third-order valence-corrected chi connectivity index (χ3v) is 6.01. The largest absolute Gasteiger partial charge is 0.508 e. The van der Waals surface area contributed by atoms with Gasteiger partial charge in [0.25, 0.3) is 0 Å². The minimum absolute atomic E-state index is 0.0612. The minimum atomic E-state index is -1.05. The fraction of sp³-hybridized carbons (Fsp3) is 0.655. The van der Waals surface area contributed by atoms with Gasteiger partial charge >= 0.3 is 24.1 Å². The van der Waals surface area contributed by atoms with Gasteiger partial charge in [-0.15, -0.1) is 0 Å². The molecule has 5 atom stereocenters. The molecule has 1 aromatic carbocycles. The van der Waals surface area contributed by atoms with Crippen molar-refractivity contribution in [1.29, 1.82) is 0 Å². The average Bonchev–Trinajstić information content (AvgIpc) is 2.84. The summed E-state index contributed by atoms with van der Waals surface area (Å²) in [5.41, 5.74) is 6.67. The zero-order valence-corrected chi connectivity index (χ0v) is 24.5. The van der Waals surface area contributed by atoms with Crippen molar-refractivity contribution in [2.75, 3.05) is 0 Å². The van der Waals surface area contributed by atoms with Crippen molar-refractivity contribution >= 4 is 24.1 Å². The van der Waals surface area contributed by atoms with Crippen molar-refractivity contribution in [2.45, 2.75) is 112 Å². The predicted molar refractivity (Wildman–Crippen MR) is 145 cm³/mol. The summed E-state index contributed by atoms with van der Waals surface area (Å²) in [6.45, 7) is 14.0. The Bertz CT molecular complexity index is 962. The molecule has 0 saturated carbocycles. The molecule has 2 N–H and O–H groups in total. The van der Waals surface area contributed by atoms with Crippen LogP contribution in [0.1, 0.15) is 86.6 Å². The van der Waals surface area contributed by atoms with E-state index in [1.54, 1.807) is 47.6 Å². The Balaban J connectivity index is 2.98. The first kappa shape index (κ1) is 33.9. The van der Waals surface area contributed by atoms with Gasteiger partial charge < -0.3 is 29.4 Å². The number of ether oxygens (including phenoxy) is 5. The Hall–Kier alpha value is -3.14. The SMILES string of the molecule is CCCC(C)C(=O)Oc1ccc(C[C@H](N)C(=O)O[C@@H](C)[C@H](C)OC(=O)OC(C)C)cc1OC(=O)C(C)CCC. The van der Waals surface area contributed by atoms with Crippen molar-refractivity contribution in [3.8, 4) is 11.5 Å². The van der Waals surface area contributed by atoms with Gasteiger partial charge in [-0.3, -0.25) is 14.4 Å². The van der Waals surface area contributed by atoms with Gasteiger partial charge in [0.2, 0.25) is 0 Å². The smallest absolute Gasteiger partial charge is 0.458 e. The highest BCUT2D eigenvalue weighted by molar-refractivity contribution is 5.79. The second-order valence-corrected chi connectivity index (χ2v) is 10.2. The molecule has 220 valence electrons. The Morgan fingerprint density at radius 2 is 1.23 bits per heavy atom. The lowest BCUT2D eigenvalue weighted by Gasteiger charge is -2.22. The van der Waals surface area contributed by atoms with Crippen LogP contribution in [0.4, 0.5) is 4.79 Å². The number of esters is 3. The molecule has 10 nitrogen and oxygen atoms in total. The zero-order chi connectivity index (χ0) is 29.7. The van der Waals surface area contributed by atoms with Crippen LogP contribution in [0.2, 0.25) is 0 Å². The molecular weight excluding hydrogens is 506 g/mol. The van der Waals surface area contributed by atoms with E-state index in [2.05, 4.69) is 0 Å². The topological polar surface area (TPSA) is 140 Å². The van der Waals surface area contributed by atoms with Crippen molar-refractivity contribution < 1.29 is 42.9 Å². The van der Waals surface area contributed by atoms with E-state index >= 15 is 0 Å². The lowest BCUT2D eigenvalue weighted by molar-refractivity contribution is -0.155. The molecule has 0 saturated heterocycles. The van der Waals surface area contributed by atoms with E-state index in [0.717, 1.165) is 12.8 Å². The third kappa shape index (κ3) is 12.1. The lowest BCUT2D eigenvalue weighted by Crippen LogP contribution is -2.39. The van der Waals surface area contributed by atoms with Gasteiger partial charge in [0, 0.05) is 0 Å². The summed E-state index contributed by atoms with van der Waals surface area (Å²) in [6.07, 6.45) is 0.278. The van der Waals surface area contributed by atoms with Gasteiger partial charge in [-0.2, -0.15) is 0 Å². The maximum absolute atomic E-state index is 12.6. The van der Waals surface area contributed by atoms with Crippen molar-refractivity contribution in [1.82, 2.24) is 0 Å². The van der Waals surface area contributed by atoms with Gasteiger partial charge in [-0.1, -0.05) is 46.6 Å². The summed E-state index contributed by atoms with van der Waals surface area (Å²) in [5, 5.41) is 0. The van der Waals surface area contributed by atoms with Crippen molar-refractivity contribution in [3.63, 3.8) is 0 Å². The van der Waals surface area contributed by atoms with E-state index in [1.165, 1.54) is 12.1 Å². The molecular formula is C29H45NO9. The van der Waals surface area contributed by atoms with Gasteiger partial charge in [0.15, 0.2) is 11.5 Å². The first-order valence-electron chi connectivity index (χ1n) is 13.7. The first-order valence-corrected chi connectivity index (χ1v) is 13.7. The average molecular weight is 552 g/mol. The molecule has 0 aliphatic carbocycles. The van der Waals surface area contributed by atoms with Crippen LogP contribution < -0.4 is 15.2 Å². The summed E-state index contributed by atoms with van der Waals surface area (Å²) >= 11 is 0. The molecule has 0 amide bonds.